The van der Waals surface area contributed by atoms with E-state index < -0.39 is 6.09 Å². The molecule has 0 bridgehead atoms. The maximum absolute atomic E-state index is 13.2. The standard InChI is InChI=1S/C26H28N4O6/c1-34-21-3-5-23-17(11-21)10-18(15-35-23)25(31)29-22-4-2-16(19-13-27-28-14-19)12-24(22)36-20-6-8-30(9-7-20)26(32)33/h2-5,11-14,18,20H,6-10,15H2,1H3,(H,27,28)(H,29,31)(H,32,33). The van der Waals surface area contributed by atoms with Crippen LogP contribution >= 0.6 is 0 Å². The fourth-order valence-electron chi connectivity index (χ4n) is 4.56. The van der Waals surface area contributed by atoms with E-state index in [0.29, 0.717) is 43.8 Å². The number of nitrogens with zero attached hydrogens (tertiary/aromatic N) is 2. The number of piperidine rings is 1. The third-order valence-electron chi connectivity index (χ3n) is 6.62. The lowest BCUT2D eigenvalue weighted by molar-refractivity contribution is -0.121. The molecule has 2 aliphatic heterocycles. The van der Waals surface area contributed by atoms with Gasteiger partial charge in [-0.2, -0.15) is 5.10 Å². The first-order valence-electron chi connectivity index (χ1n) is 11.9. The molecule has 0 spiro atoms. The molecule has 2 aromatic carbocycles. The van der Waals surface area contributed by atoms with Gasteiger partial charge in [-0.15, -0.1) is 0 Å². The van der Waals surface area contributed by atoms with Gasteiger partial charge in [0.2, 0.25) is 5.91 Å². The van der Waals surface area contributed by atoms with Crippen LogP contribution in [0.3, 0.4) is 0 Å². The number of amides is 2. The first-order chi connectivity index (χ1) is 17.5. The lowest BCUT2D eigenvalue weighted by atomic mass is 9.95. The number of aromatic nitrogens is 2. The van der Waals surface area contributed by atoms with Gasteiger partial charge in [0.15, 0.2) is 0 Å². The van der Waals surface area contributed by atoms with Crippen LogP contribution in [-0.2, 0) is 11.2 Å². The highest BCUT2D eigenvalue weighted by Crippen LogP contribution is 2.35. The van der Waals surface area contributed by atoms with Crippen molar-refractivity contribution in [2.24, 2.45) is 5.92 Å². The van der Waals surface area contributed by atoms with Gasteiger partial charge in [-0.3, -0.25) is 9.89 Å². The molecule has 5 rings (SSSR count). The molecule has 3 N–H and O–H groups in total. The molecule has 3 heterocycles. The van der Waals surface area contributed by atoms with Crippen LogP contribution in [0.15, 0.2) is 48.8 Å². The van der Waals surface area contributed by atoms with Crippen molar-refractivity contribution in [3.63, 3.8) is 0 Å². The van der Waals surface area contributed by atoms with E-state index in [9.17, 15) is 14.7 Å². The lowest BCUT2D eigenvalue weighted by Gasteiger charge is -2.31. The van der Waals surface area contributed by atoms with Gasteiger partial charge in [0, 0.05) is 37.7 Å². The van der Waals surface area contributed by atoms with E-state index in [1.54, 1.807) is 19.5 Å². The van der Waals surface area contributed by atoms with Gasteiger partial charge in [0.05, 0.1) is 24.9 Å². The molecular weight excluding hydrogens is 464 g/mol. The number of likely N-dealkylation sites (tertiary alicyclic amines) is 1. The molecule has 0 saturated carbocycles. The van der Waals surface area contributed by atoms with E-state index in [4.69, 9.17) is 14.2 Å². The molecule has 1 saturated heterocycles. The maximum Gasteiger partial charge on any atom is 0.407 e. The number of benzene rings is 2. The van der Waals surface area contributed by atoms with Crippen molar-refractivity contribution < 1.29 is 28.9 Å². The number of anilines is 1. The number of methoxy groups -OCH3 is 1. The number of carbonyl (C=O) groups is 2. The van der Waals surface area contributed by atoms with Gasteiger partial charge < -0.3 is 29.5 Å². The van der Waals surface area contributed by atoms with Crippen molar-refractivity contribution in [1.29, 1.82) is 0 Å². The zero-order valence-electron chi connectivity index (χ0n) is 19.9. The predicted molar refractivity (Wildman–Crippen MR) is 132 cm³/mol. The van der Waals surface area contributed by atoms with Crippen LogP contribution in [0.2, 0.25) is 0 Å². The first-order valence-corrected chi connectivity index (χ1v) is 11.9. The zero-order valence-corrected chi connectivity index (χ0v) is 19.9. The third-order valence-corrected chi connectivity index (χ3v) is 6.62. The number of fused-ring (bicyclic) bond motifs is 1. The Morgan fingerprint density at radius 2 is 2.00 bits per heavy atom. The largest absolute Gasteiger partial charge is 0.497 e. The molecule has 1 atom stereocenters. The summed E-state index contributed by atoms with van der Waals surface area (Å²) in [5.74, 6) is 1.49. The molecule has 2 amide bonds. The Morgan fingerprint density at radius 3 is 2.72 bits per heavy atom. The minimum atomic E-state index is -0.919. The van der Waals surface area contributed by atoms with E-state index in [1.165, 1.54) is 4.90 Å². The van der Waals surface area contributed by atoms with Gasteiger partial charge >= 0.3 is 6.09 Å². The predicted octanol–water partition coefficient (Wildman–Crippen LogP) is 3.80. The molecule has 10 heteroatoms. The van der Waals surface area contributed by atoms with Gasteiger partial charge in [0.25, 0.3) is 0 Å². The fourth-order valence-corrected chi connectivity index (χ4v) is 4.56. The number of hydrogen-bond donors (Lipinski definition) is 3. The molecule has 1 aromatic heterocycles. The number of ether oxygens (including phenoxy) is 3. The number of rotatable bonds is 6. The maximum atomic E-state index is 13.2. The second-order valence-electron chi connectivity index (χ2n) is 8.96. The molecule has 3 aromatic rings. The highest BCUT2D eigenvalue weighted by molar-refractivity contribution is 5.95. The summed E-state index contributed by atoms with van der Waals surface area (Å²) < 4.78 is 17.5. The van der Waals surface area contributed by atoms with Crippen molar-refractivity contribution in [1.82, 2.24) is 15.1 Å². The van der Waals surface area contributed by atoms with Crippen LogP contribution in [0.4, 0.5) is 10.5 Å². The van der Waals surface area contributed by atoms with Crippen molar-refractivity contribution in [3.8, 4) is 28.4 Å². The van der Waals surface area contributed by atoms with Crippen molar-refractivity contribution in [3.05, 3.63) is 54.4 Å². The zero-order chi connectivity index (χ0) is 25.1. The Bertz CT molecular complexity index is 1240. The lowest BCUT2D eigenvalue weighted by Crippen LogP contribution is -2.41. The highest BCUT2D eigenvalue weighted by atomic mass is 16.5. The van der Waals surface area contributed by atoms with E-state index >= 15 is 0 Å². The summed E-state index contributed by atoms with van der Waals surface area (Å²) in [6.45, 7) is 1.10. The Hall–Kier alpha value is -4.21. The van der Waals surface area contributed by atoms with Crippen LogP contribution in [0, 0.1) is 5.92 Å². The van der Waals surface area contributed by atoms with Crippen LogP contribution in [-0.4, -0.2) is 65.1 Å². The Balaban J connectivity index is 1.33. The molecule has 36 heavy (non-hydrogen) atoms. The average Bonchev–Trinajstić information content (AvgIpc) is 3.44. The summed E-state index contributed by atoms with van der Waals surface area (Å²) >= 11 is 0. The van der Waals surface area contributed by atoms with Gasteiger partial charge in [-0.1, -0.05) is 6.07 Å². The summed E-state index contributed by atoms with van der Waals surface area (Å²) in [6, 6.07) is 11.2. The van der Waals surface area contributed by atoms with E-state index in [2.05, 4.69) is 15.5 Å². The van der Waals surface area contributed by atoms with Crippen LogP contribution < -0.4 is 19.5 Å². The second-order valence-corrected chi connectivity index (χ2v) is 8.96. The SMILES string of the molecule is COc1ccc2c(c1)CC(C(=O)Nc1ccc(-c3cn[nH]c3)cc1OC1CCN(C(=O)O)CC1)CO2. The smallest absolute Gasteiger partial charge is 0.407 e. The second kappa shape index (κ2) is 10.2. The highest BCUT2D eigenvalue weighted by Gasteiger charge is 2.28. The van der Waals surface area contributed by atoms with Crippen LogP contribution in [0.1, 0.15) is 18.4 Å². The molecular formula is C26H28N4O6. The average molecular weight is 493 g/mol. The first kappa shape index (κ1) is 23.5. The van der Waals surface area contributed by atoms with Gasteiger partial charge in [-0.05, 0) is 47.9 Å². The van der Waals surface area contributed by atoms with E-state index in [1.807, 2.05) is 36.4 Å². The monoisotopic (exact) mass is 492 g/mol. The number of carboxylic acid groups (broad SMARTS) is 1. The van der Waals surface area contributed by atoms with Gasteiger partial charge in [-0.25, -0.2) is 4.79 Å². The Labute approximate surface area is 208 Å². The summed E-state index contributed by atoms with van der Waals surface area (Å²) in [5, 5.41) is 19.1. The van der Waals surface area contributed by atoms with Crippen molar-refractivity contribution >= 4 is 17.7 Å². The minimum absolute atomic E-state index is 0.159. The summed E-state index contributed by atoms with van der Waals surface area (Å²) in [6.07, 6.45) is 4.11. The van der Waals surface area contributed by atoms with E-state index in [-0.39, 0.29) is 24.5 Å². The Morgan fingerprint density at radius 1 is 1.17 bits per heavy atom. The number of hydrogen-bond acceptors (Lipinski definition) is 6. The topological polar surface area (TPSA) is 126 Å². The van der Waals surface area contributed by atoms with Crippen LogP contribution in [0.25, 0.3) is 11.1 Å². The molecule has 1 unspecified atom stereocenters. The number of nitrogens with one attached hydrogen (secondary N) is 2. The Kier molecular flexibility index (Phi) is 6.66. The normalized spacial score (nSPS) is 17.6. The van der Waals surface area contributed by atoms with Crippen LogP contribution in [0.5, 0.6) is 17.2 Å². The number of H-pyrrole nitrogens is 1. The number of carbonyl (C=O) groups excluding carboxylic acids is 1. The summed E-state index contributed by atoms with van der Waals surface area (Å²) in [7, 11) is 1.61. The fraction of sp³-hybridized carbons (Fsp3) is 0.346. The molecule has 0 aliphatic carbocycles. The third kappa shape index (κ3) is 5.07. The van der Waals surface area contributed by atoms with Crippen molar-refractivity contribution in [2.45, 2.75) is 25.4 Å². The summed E-state index contributed by atoms with van der Waals surface area (Å²) in [4.78, 5) is 25.9. The molecule has 10 nitrogen and oxygen atoms in total. The van der Waals surface area contributed by atoms with Gasteiger partial charge in [0.1, 0.15) is 30.0 Å². The molecule has 1 fully saturated rings. The quantitative estimate of drug-likeness (QED) is 0.478. The number of aromatic amines is 1. The molecule has 188 valence electrons. The molecule has 0 radical (unpaired) electrons. The van der Waals surface area contributed by atoms with Crippen molar-refractivity contribution in [2.75, 3.05) is 32.1 Å². The van der Waals surface area contributed by atoms with E-state index in [0.717, 1.165) is 28.2 Å². The summed E-state index contributed by atoms with van der Waals surface area (Å²) in [5.41, 5.74) is 3.27. The molecule has 2 aliphatic rings. The minimum Gasteiger partial charge on any atom is -0.497 e.